The Kier molecular flexibility index (Phi) is 6.45. The van der Waals surface area contributed by atoms with Crippen LogP contribution in [0.25, 0.3) is 11.1 Å². The summed E-state index contributed by atoms with van der Waals surface area (Å²) in [6.07, 6.45) is 1.06. The Morgan fingerprint density at radius 2 is 1.62 bits per heavy atom. The molecule has 0 aliphatic heterocycles. The summed E-state index contributed by atoms with van der Waals surface area (Å²) in [7, 11) is 0. The van der Waals surface area contributed by atoms with E-state index in [1.54, 1.807) is 0 Å². The predicted molar refractivity (Wildman–Crippen MR) is 89.4 cm³/mol. The first-order chi connectivity index (χ1) is 10.3. The van der Waals surface area contributed by atoms with Crippen LogP contribution >= 0.6 is 0 Å². The molecule has 0 bridgehead atoms. The number of ether oxygens (including phenoxy) is 1. The van der Waals surface area contributed by atoms with Gasteiger partial charge in [-0.15, -0.1) is 0 Å². The minimum absolute atomic E-state index is 0.372. The summed E-state index contributed by atoms with van der Waals surface area (Å²) in [6.45, 7) is 6.86. The summed E-state index contributed by atoms with van der Waals surface area (Å²) < 4.78 is 5.35. The van der Waals surface area contributed by atoms with Crippen LogP contribution in [0.4, 0.5) is 0 Å². The fraction of sp³-hybridized carbons (Fsp3) is 0.368. The molecule has 0 saturated heterocycles. The summed E-state index contributed by atoms with van der Waals surface area (Å²) in [4.78, 5) is 0. The Hall–Kier alpha value is -1.64. The molecule has 1 unspecified atom stereocenters. The molecule has 0 heterocycles. The first-order valence-corrected chi connectivity index (χ1v) is 7.77. The Morgan fingerprint density at radius 3 is 2.29 bits per heavy atom. The zero-order chi connectivity index (χ0) is 14.9. The Morgan fingerprint density at radius 1 is 0.952 bits per heavy atom. The van der Waals surface area contributed by atoms with Crippen LogP contribution in [0.2, 0.25) is 0 Å². The van der Waals surface area contributed by atoms with E-state index in [1.807, 2.05) is 13.0 Å². The fourth-order valence-corrected chi connectivity index (χ4v) is 2.35. The highest BCUT2D eigenvalue weighted by atomic mass is 16.5. The summed E-state index contributed by atoms with van der Waals surface area (Å²) in [5.74, 6) is 0. The predicted octanol–water partition coefficient (Wildman–Crippen LogP) is 4.43. The van der Waals surface area contributed by atoms with Crippen LogP contribution in [0.1, 0.15) is 31.9 Å². The van der Waals surface area contributed by atoms with Crippen LogP contribution in [0, 0.1) is 0 Å². The number of hydrogen-bond acceptors (Lipinski definition) is 2. The molecule has 0 aliphatic carbocycles. The lowest BCUT2D eigenvalue weighted by molar-refractivity contribution is 0.144. The van der Waals surface area contributed by atoms with Crippen LogP contribution in [0.3, 0.4) is 0 Å². The normalized spacial score (nSPS) is 12.3. The molecule has 0 radical (unpaired) electrons. The average molecular weight is 283 g/mol. The van der Waals surface area contributed by atoms with Crippen molar-refractivity contribution in [3.8, 4) is 11.1 Å². The maximum absolute atomic E-state index is 5.35. The SMILES string of the molecule is CCOCCCNC(C)c1ccc(-c2ccccc2)cc1. The van der Waals surface area contributed by atoms with Gasteiger partial charge in [0, 0.05) is 19.3 Å². The maximum atomic E-state index is 5.35. The van der Waals surface area contributed by atoms with Gasteiger partial charge < -0.3 is 10.1 Å². The number of nitrogens with one attached hydrogen (secondary N) is 1. The van der Waals surface area contributed by atoms with Gasteiger partial charge in [0.2, 0.25) is 0 Å². The van der Waals surface area contributed by atoms with Crippen molar-refractivity contribution in [2.24, 2.45) is 0 Å². The van der Waals surface area contributed by atoms with E-state index in [9.17, 15) is 0 Å². The van der Waals surface area contributed by atoms with Crippen molar-refractivity contribution in [1.82, 2.24) is 5.32 Å². The maximum Gasteiger partial charge on any atom is 0.0477 e. The van der Waals surface area contributed by atoms with E-state index in [0.29, 0.717) is 6.04 Å². The lowest BCUT2D eigenvalue weighted by atomic mass is 10.0. The van der Waals surface area contributed by atoms with Gasteiger partial charge in [-0.05, 0) is 43.5 Å². The summed E-state index contributed by atoms with van der Waals surface area (Å²) in [5, 5.41) is 3.54. The highest BCUT2D eigenvalue weighted by Crippen LogP contribution is 2.21. The molecule has 21 heavy (non-hydrogen) atoms. The number of benzene rings is 2. The van der Waals surface area contributed by atoms with E-state index in [2.05, 4.69) is 60.8 Å². The largest absolute Gasteiger partial charge is 0.382 e. The number of hydrogen-bond donors (Lipinski definition) is 1. The number of rotatable bonds is 8. The van der Waals surface area contributed by atoms with Gasteiger partial charge in [0.15, 0.2) is 0 Å². The van der Waals surface area contributed by atoms with Crippen molar-refractivity contribution in [1.29, 1.82) is 0 Å². The molecule has 0 aliphatic rings. The van der Waals surface area contributed by atoms with Gasteiger partial charge in [-0.2, -0.15) is 0 Å². The third-order valence-corrected chi connectivity index (χ3v) is 3.64. The molecule has 2 aromatic rings. The van der Waals surface area contributed by atoms with Crippen LogP contribution in [0.15, 0.2) is 54.6 Å². The van der Waals surface area contributed by atoms with E-state index in [0.717, 1.165) is 26.2 Å². The average Bonchev–Trinajstić information content (AvgIpc) is 2.55. The molecule has 0 fully saturated rings. The quantitative estimate of drug-likeness (QED) is 0.724. The second-order valence-corrected chi connectivity index (χ2v) is 5.21. The third-order valence-electron chi connectivity index (χ3n) is 3.64. The Bertz CT molecular complexity index is 507. The second-order valence-electron chi connectivity index (χ2n) is 5.21. The van der Waals surface area contributed by atoms with Crippen molar-refractivity contribution < 1.29 is 4.74 Å². The van der Waals surface area contributed by atoms with Gasteiger partial charge in [-0.25, -0.2) is 0 Å². The van der Waals surface area contributed by atoms with Gasteiger partial charge >= 0.3 is 0 Å². The smallest absolute Gasteiger partial charge is 0.0477 e. The van der Waals surface area contributed by atoms with Gasteiger partial charge in [0.25, 0.3) is 0 Å². The standard InChI is InChI=1S/C19H25NO/c1-3-21-15-7-14-20-16(2)17-10-12-19(13-11-17)18-8-5-4-6-9-18/h4-6,8-13,16,20H,3,7,14-15H2,1-2H3. The molecule has 0 saturated carbocycles. The molecule has 0 aromatic heterocycles. The monoisotopic (exact) mass is 283 g/mol. The van der Waals surface area contributed by atoms with E-state index in [1.165, 1.54) is 16.7 Å². The van der Waals surface area contributed by atoms with E-state index in [4.69, 9.17) is 4.74 Å². The highest BCUT2D eigenvalue weighted by Gasteiger charge is 2.04. The first-order valence-electron chi connectivity index (χ1n) is 7.77. The second kappa shape index (κ2) is 8.60. The lowest BCUT2D eigenvalue weighted by Gasteiger charge is -2.15. The lowest BCUT2D eigenvalue weighted by Crippen LogP contribution is -2.20. The zero-order valence-electron chi connectivity index (χ0n) is 13.0. The molecule has 2 aromatic carbocycles. The van der Waals surface area contributed by atoms with E-state index < -0.39 is 0 Å². The Labute approximate surface area is 128 Å². The fourth-order valence-electron chi connectivity index (χ4n) is 2.35. The van der Waals surface area contributed by atoms with Gasteiger partial charge in [0.05, 0.1) is 0 Å². The van der Waals surface area contributed by atoms with Crippen molar-refractivity contribution in [2.75, 3.05) is 19.8 Å². The molecular weight excluding hydrogens is 258 g/mol. The van der Waals surface area contributed by atoms with E-state index in [-0.39, 0.29) is 0 Å². The molecule has 2 rings (SSSR count). The minimum Gasteiger partial charge on any atom is -0.382 e. The van der Waals surface area contributed by atoms with Crippen molar-refractivity contribution in [2.45, 2.75) is 26.3 Å². The summed E-state index contributed by atoms with van der Waals surface area (Å²) in [5.41, 5.74) is 3.86. The molecule has 112 valence electrons. The molecule has 2 heteroatoms. The van der Waals surface area contributed by atoms with Crippen molar-refractivity contribution in [3.05, 3.63) is 60.2 Å². The molecule has 2 nitrogen and oxygen atoms in total. The molecule has 0 amide bonds. The molecule has 1 N–H and O–H groups in total. The molecular formula is C19H25NO. The van der Waals surface area contributed by atoms with Gasteiger partial charge in [-0.1, -0.05) is 54.6 Å². The first kappa shape index (κ1) is 15.7. The van der Waals surface area contributed by atoms with E-state index >= 15 is 0 Å². The molecule has 1 atom stereocenters. The Balaban J connectivity index is 1.87. The summed E-state index contributed by atoms with van der Waals surface area (Å²) in [6, 6.07) is 19.7. The minimum atomic E-state index is 0.372. The highest BCUT2D eigenvalue weighted by molar-refractivity contribution is 5.63. The van der Waals surface area contributed by atoms with Gasteiger partial charge in [-0.3, -0.25) is 0 Å². The van der Waals surface area contributed by atoms with Crippen LogP contribution < -0.4 is 5.32 Å². The van der Waals surface area contributed by atoms with Gasteiger partial charge in [0.1, 0.15) is 0 Å². The summed E-state index contributed by atoms with van der Waals surface area (Å²) >= 11 is 0. The third kappa shape index (κ3) is 5.00. The molecule has 0 spiro atoms. The van der Waals surface area contributed by atoms with Crippen LogP contribution in [0.5, 0.6) is 0 Å². The van der Waals surface area contributed by atoms with Crippen molar-refractivity contribution in [3.63, 3.8) is 0 Å². The topological polar surface area (TPSA) is 21.3 Å². The zero-order valence-corrected chi connectivity index (χ0v) is 13.0. The van der Waals surface area contributed by atoms with Crippen LogP contribution in [-0.4, -0.2) is 19.8 Å². The van der Waals surface area contributed by atoms with Crippen molar-refractivity contribution >= 4 is 0 Å². The van der Waals surface area contributed by atoms with Crippen LogP contribution in [-0.2, 0) is 4.74 Å².